The van der Waals surface area contributed by atoms with Gasteiger partial charge in [0.1, 0.15) is 4.90 Å². The van der Waals surface area contributed by atoms with Crippen molar-refractivity contribution < 1.29 is 13.2 Å². The second-order valence-corrected chi connectivity index (χ2v) is 9.51. The number of halogens is 2. The maximum Gasteiger partial charge on any atom is 0.257 e. The molecule has 0 aliphatic carbocycles. The maximum absolute atomic E-state index is 12.5. The first kappa shape index (κ1) is 19.1. The first-order valence-electron chi connectivity index (χ1n) is 7.28. The van der Waals surface area contributed by atoms with Crippen LogP contribution in [-0.2, 0) is 10.0 Å². The number of amides is 1. The molecule has 0 bridgehead atoms. The Labute approximate surface area is 164 Å². The number of carbonyl (C=O) groups is 1. The number of nitrogens with zero attached hydrogens (tertiary/aromatic N) is 2. The van der Waals surface area contributed by atoms with Crippen molar-refractivity contribution >= 4 is 65.8 Å². The molecule has 0 unspecified atom stereocenters. The lowest BCUT2D eigenvalue weighted by Gasteiger charge is -2.13. The van der Waals surface area contributed by atoms with Crippen LogP contribution < -0.4 is 5.32 Å². The van der Waals surface area contributed by atoms with Gasteiger partial charge in [-0.05, 0) is 36.4 Å². The summed E-state index contributed by atoms with van der Waals surface area (Å²) in [6.07, 6.45) is 0. The van der Waals surface area contributed by atoms with E-state index in [0.717, 1.165) is 9.01 Å². The van der Waals surface area contributed by atoms with Gasteiger partial charge in [-0.25, -0.2) is 17.7 Å². The number of aromatic nitrogens is 1. The van der Waals surface area contributed by atoms with Gasteiger partial charge in [0.05, 0.1) is 15.2 Å². The Bertz CT molecular complexity index is 1110. The molecule has 0 fully saturated rings. The molecular formula is C16H13Cl2N3O3S2. The molecule has 0 spiro atoms. The Morgan fingerprint density at radius 2 is 1.88 bits per heavy atom. The highest BCUT2D eigenvalue weighted by molar-refractivity contribution is 7.89. The third-order valence-electron chi connectivity index (χ3n) is 3.52. The number of rotatable bonds is 4. The minimum Gasteiger partial charge on any atom is -0.298 e. The van der Waals surface area contributed by atoms with E-state index in [4.69, 9.17) is 23.2 Å². The van der Waals surface area contributed by atoms with Gasteiger partial charge in [0, 0.05) is 24.7 Å². The number of anilines is 1. The molecule has 136 valence electrons. The second kappa shape index (κ2) is 7.13. The van der Waals surface area contributed by atoms with Crippen LogP contribution >= 0.6 is 34.5 Å². The van der Waals surface area contributed by atoms with Crippen molar-refractivity contribution in [2.45, 2.75) is 4.90 Å². The van der Waals surface area contributed by atoms with Crippen LogP contribution in [0.5, 0.6) is 0 Å². The summed E-state index contributed by atoms with van der Waals surface area (Å²) in [5.41, 5.74) is 0.869. The average Bonchev–Trinajstić information content (AvgIpc) is 2.96. The van der Waals surface area contributed by atoms with Gasteiger partial charge in [-0.2, -0.15) is 0 Å². The molecule has 1 amide bonds. The predicted octanol–water partition coefficient (Wildman–Crippen LogP) is 4.11. The van der Waals surface area contributed by atoms with Crippen molar-refractivity contribution in [3.05, 3.63) is 52.0 Å². The Balaban J connectivity index is 1.92. The normalized spacial score (nSPS) is 11.9. The molecule has 0 aliphatic heterocycles. The molecule has 1 N–H and O–H groups in total. The van der Waals surface area contributed by atoms with E-state index in [9.17, 15) is 13.2 Å². The largest absolute Gasteiger partial charge is 0.298 e. The van der Waals surface area contributed by atoms with Crippen LogP contribution in [0.15, 0.2) is 41.3 Å². The Hall–Kier alpha value is -1.71. The lowest BCUT2D eigenvalue weighted by atomic mass is 10.2. The third kappa shape index (κ3) is 3.70. The van der Waals surface area contributed by atoms with Crippen LogP contribution in [0.1, 0.15) is 10.4 Å². The molecule has 0 saturated heterocycles. The minimum atomic E-state index is -3.77. The maximum atomic E-state index is 12.5. The van der Waals surface area contributed by atoms with Crippen LogP contribution in [0.3, 0.4) is 0 Å². The number of thiazole rings is 1. The molecule has 3 aromatic rings. The van der Waals surface area contributed by atoms with Gasteiger partial charge >= 0.3 is 0 Å². The Morgan fingerprint density at radius 3 is 2.58 bits per heavy atom. The molecule has 0 atom stereocenters. The van der Waals surface area contributed by atoms with Crippen molar-refractivity contribution in [1.82, 2.24) is 9.29 Å². The third-order valence-corrected chi connectivity index (χ3v) is 6.99. The average molecular weight is 430 g/mol. The standard InChI is InChI=1S/C16H13Cl2N3O3S2/c1-21(2)26(23,24)14-7-9(3-5-11(14)18)15(22)20-16-19-12-6-4-10(17)8-13(12)25-16/h3-8H,1-2H3,(H,19,20,22). The summed E-state index contributed by atoms with van der Waals surface area (Å²) < 4.78 is 26.5. The number of hydrogen-bond acceptors (Lipinski definition) is 5. The van der Waals surface area contributed by atoms with Crippen LogP contribution in [0, 0.1) is 0 Å². The smallest absolute Gasteiger partial charge is 0.257 e. The van der Waals surface area contributed by atoms with Crippen molar-refractivity contribution in [2.75, 3.05) is 19.4 Å². The van der Waals surface area contributed by atoms with Crippen LogP contribution in [0.25, 0.3) is 10.2 Å². The SMILES string of the molecule is CN(C)S(=O)(=O)c1cc(C(=O)Nc2nc3ccc(Cl)cc3s2)ccc1Cl. The topological polar surface area (TPSA) is 79.4 Å². The summed E-state index contributed by atoms with van der Waals surface area (Å²) >= 11 is 13.2. The lowest BCUT2D eigenvalue weighted by molar-refractivity contribution is 0.102. The van der Waals surface area contributed by atoms with E-state index in [1.807, 2.05) is 0 Å². The molecule has 10 heteroatoms. The van der Waals surface area contributed by atoms with E-state index >= 15 is 0 Å². The molecule has 26 heavy (non-hydrogen) atoms. The number of nitrogens with one attached hydrogen (secondary N) is 1. The molecule has 0 aliphatic rings. The number of carbonyl (C=O) groups excluding carboxylic acids is 1. The van der Waals surface area contributed by atoms with E-state index in [0.29, 0.717) is 15.7 Å². The summed E-state index contributed by atoms with van der Waals surface area (Å²) in [5.74, 6) is -0.484. The monoisotopic (exact) mass is 429 g/mol. The molecule has 0 radical (unpaired) electrons. The first-order valence-corrected chi connectivity index (χ1v) is 10.3. The van der Waals surface area contributed by atoms with Crippen molar-refractivity contribution in [3.8, 4) is 0 Å². The van der Waals surface area contributed by atoms with E-state index in [2.05, 4.69) is 10.3 Å². The summed E-state index contributed by atoms with van der Waals surface area (Å²) in [6.45, 7) is 0. The fraction of sp³-hybridized carbons (Fsp3) is 0.125. The molecule has 2 aromatic carbocycles. The first-order chi connectivity index (χ1) is 12.2. The number of hydrogen-bond donors (Lipinski definition) is 1. The summed E-state index contributed by atoms with van der Waals surface area (Å²) in [4.78, 5) is 16.7. The lowest BCUT2D eigenvalue weighted by Crippen LogP contribution is -2.23. The van der Waals surface area contributed by atoms with Gasteiger partial charge in [0.2, 0.25) is 10.0 Å². The molecule has 1 aromatic heterocycles. The van der Waals surface area contributed by atoms with Gasteiger partial charge in [-0.3, -0.25) is 10.1 Å². The number of fused-ring (bicyclic) bond motifs is 1. The highest BCUT2D eigenvalue weighted by atomic mass is 35.5. The Kier molecular flexibility index (Phi) is 5.23. The van der Waals surface area contributed by atoms with E-state index in [1.54, 1.807) is 18.2 Å². The summed E-state index contributed by atoms with van der Waals surface area (Å²) in [6, 6.07) is 9.31. The molecule has 6 nitrogen and oxygen atoms in total. The van der Waals surface area contributed by atoms with Gasteiger partial charge in [-0.15, -0.1) is 0 Å². The van der Waals surface area contributed by atoms with E-state index in [1.165, 1.54) is 43.6 Å². The molecule has 1 heterocycles. The van der Waals surface area contributed by atoms with Gasteiger partial charge in [0.15, 0.2) is 5.13 Å². The second-order valence-electron chi connectivity index (χ2n) is 5.52. The zero-order valence-corrected chi connectivity index (χ0v) is 16.8. The zero-order chi connectivity index (χ0) is 19.1. The van der Waals surface area contributed by atoms with Gasteiger partial charge in [0.25, 0.3) is 5.91 Å². The van der Waals surface area contributed by atoms with Crippen molar-refractivity contribution in [2.24, 2.45) is 0 Å². The zero-order valence-electron chi connectivity index (χ0n) is 13.7. The van der Waals surface area contributed by atoms with Gasteiger partial charge in [-0.1, -0.05) is 34.5 Å². The number of benzene rings is 2. The summed E-state index contributed by atoms with van der Waals surface area (Å²) in [5, 5.41) is 3.68. The number of sulfonamides is 1. The Morgan fingerprint density at radius 1 is 1.15 bits per heavy atom. The highest BCUT2D eigenvalue weighted by Crippen LogP contribution is 2.29. The van der Waals surface area contributed by atoms with Crippen LogP contribution in [0.4, 0.5) is 5.13 Å². The van der Waals surface area contributed by atoms with Crippen LogP contribution in [-0.4, -0.2) is 37.7 Å². The van der Waals surface area contributed by atoms with E-state index in [-0.39, 0.29) is 15.5 Å². The molecule has 3 rings (SSSR count). The van der Waals surface area contributed by atoms with Gasteiger partial charge < -0.3 is 0 Å². The predicted molar refractivity (Wildman–Crippen MR) is 105 cm³/mol. The fourth-order valence-corrected chi connectivity index (χ4v) is 4.69. The molecule has 0 saturated carbocycles. The van der Waals surface area contributed by atoms with Crippen LogP contribution in [0.2, 0.25) is 10.0 Å². The van der Waals surface area contributed by atoms with Crippen molar-refractivity contribution in [1.29, 1.82) is 0 Å². The quantitative estimate of drug-likeness (QED) is 0.676. The molecular weight excluding hydrogens is 417 g/mol. The van der Waals surface area contributed by atoms with E-state index < -0.39 is 15.9 Å². The minimum absolute atomic E-state index is 0.0462. The highest BCUT2D eigenvalue weighted by Gasteiger charge is 2.22. The van der Waals surface area contributed by atoms with Crippen molar-refractivity contribution in [3.63, 3.8) is 0 Å². The summed E-state index contributed by atoms with van der Waals surface area (Å²) in [7, 11) is -0.981. The fourth-order valence-electron chi connectivity index (χ4n) is 2.16.